The monoisotopic (exact) mass is 679 g/mol. The molecular weight excluding hydrogens is 604 g/mol. The lowest BCUT2D eigenvalue weighted by Crippen LogP contribution is -2.50. The van der Waals surface area contributed by atoms with Gasteiger partial charge in [-0.2, -0.15) is 0 Å². The van der Waals surface area contributed by atoms with Crippen LogP contribution in [0.1, 0.15) is 112 Å². The van der Waals surface area contributed by atoms with Crippen molar-refractivity contribution in [2.45, 2.75) is 112 Å². The van der Waals surface area contributed by atoms with Crippen molar-refractivity contribution in [1.82, 2.24) is 0 Å². The fourth-order valence-corrected chi connectivity index (χ4v) is 10.5. The summed E-state index contributed by atoms with van der Waals surface area (Å²) in [6, 6.07) is 0. The minimum Gasteiger partial charge on any atom is -0.394 e. The lowest BCUT2D eigenvalue weighted by molar-refractivity contribution is -0.0537. The van der Waals surface area contributed by atoms with E-state index in [1.165, 1.54) is 77.0 Å². The van der Waals surface area contributed by atoms with Gasteiger partial charge in [-0.25, -0.2) is 0 Å². The van der Waals surface area contributed by atoms with Gasteiger partial charge in [0.25, 0.3) is 0 Å². The fourth-order valence-electron chi connectivity index (χ4n) is 10.5. The Hall–Kier alpha value is -0.540. The highest BCUT2D eigenvalue weighted by Crippen LogP contribution is 2.67. The van der Waals surface area contributed by atoms with Crippen molar-refractivity contribution >= 4 is 0 Å². The minimum absolute atomic E-state index is 0.0421. The van der Waals surface area contributed by atoms with Gasteiger partial charge in [-0.1, -0.05) is 65.5 Å². The second-order valence-corrected chi connectivity index (χ2v) is 16.6. The van der Waals surface area contributed by atoms with E-state index in [2.05, 4.69) is 40.7 Å². The van der Waals surface area contributed by atoms with Crippen LogP contribution < -0.4 is 0 Å². The largest absolute Gasteiger partial charge is 0.394 e. The summed E-state index contributed by atoms with van der Waals surface area (Å²) in [5.74, 6) is 6.22. The van der Waals surface area contributed by atoms with Gasteiger partial charge < -0.3 is 33.5 Å². The van der Waals surface area contributed by atoms with Crippen molar-refractivity contribution in [2.24, 2.45) is 52.3 Å². The van der Waals surface area contributed by atoms with Crippen molar-refractivity contribution in [2.75, 3.05) is 85.9 Å². The van der Waals surface area contributed by atoms with Crippen LogP contribution in [0.2, 0.25) is 0 Å². The van der Waals surface area contributed by atoms with Gasteiger partial charge in [0, 0.05) is 6.61 Å². The van der Waals surface area contributed by atoms with Crippen LogP contribution in [0, 0.1) is 52.3 Å². The molecule has 0 aromatic heterocycles. The maximum absolute atomic E-state index is 8.64. The molecule has 280 valence electrons. The lowest BCUT2D eigenvalue weighted by Gasteiger charge is -2.58. The van der Waals surface area contributed by atoms with Crippen molar-refractivity contribution in [3.05, 3.63) is 11.6 Å². The quantitative estimate of drug-likeness (QED) is 0.0772. The van der Waals surface area contributed by atoms with Crippen LogP contribution in [0.3, 0.4) is 0 Å². The molecule has 1 N–H and O–H groups in total. The standard InChI is InChI=1S/C41H74O7/c1-32(2)7-6-8-33(3)37-11-12-38-36-10-9-35-31-34(13-16-40(35,4)39(36)14-17-41(37,38)5)15-19-43-21-23-45-25-27-47-29-30-48-28-26-46-24-22-44-20-18-42/h9,32-34,36-39,42H,6-8,10-31H2,1-5H3/t33-,34+,36+,37-,38+,39+,40+,41-/m1/s1. The third-order valence-electron chi connectivity index (χ3n) is 13.2. The van der Waals surface area contributed by atoms with Crippen LogP contribution in [-0.2, 0) is 28.4 Å². The summed E-state index contributed by atoms with van der Waals surface area (Å²) >= 11 is 0. The van der Waals surface area contributed by atoms with E-state index in [1.54, 1.807) is 0 Å². The van der Waals surface area contributed by atoms with Crippen LogP contribution in [0.4, 0.5) is 0 Å². The predicted molar refractivity (Wildman–Crippen MR) is 193 cm³/mol. The molecule has 4 aliphatic rings. The van der Waals surface area contributed by atoms with Gasteiger partial charge in [0.05, 0.1) is 79.3 Å². The molecule has 48 heavy (non-hydrogen) atoms. The summed E-state index contributed by atoms with van der Waals surface area (Å²) < 4.78 is 33.3. The second kappa shape index (κ2) is 21.1. The van der Waals surface area contributed by atoms with Crippen LogP contribution in [0.15, 0.2) is 11.6 Å². The average Bonchev–Trinajstić information content (AvgIpc) is 3.43. The first kappa shape index (κ1) is 40.2. The third kappa shape index (κ3) is 11.5. The molecule has 7 heteroatoms. The third-order valence-corrected chi connectivity index (χ3v) is 13.2. The maximum Gasteiger partial charge on any atom is 0.0701 e. The zero-order valence-corrected chi connectivity index (χ0v) is 31.7. The number of allylic oxidation sites excluding steroid dienone is 2. The highest BCUT2D eigenvalue weighted by atomic mass is 16.6. The number of hydrogen-bond donors (Lipinski definition) is 1. The van der Waals surface area contributed by atoms with E-state index in [0.29, 0.717) is 83.5 Å². The van der Waals surface area contributed by atoms with E-state index < -0.39 is 0 Å². The molecule has 3 saturated carbocycles. The van der Waals surface area contributed by atoms with Gasteiger partial charge in [-0.3, -0.25) is 0 Å². The Morgan fingerprint density at radius 1 is 0.688 bits per heavy atom. The van der Waals surface area contributed by atoms with Crippen molar-refractivity contribution in [1.29, 1.82) is 0 Å². The minimum atomic E-state index is 0.0421. The summed E-state index contributed by atoms with van der Waals surface area (Å²) in [5, 5.41) is 8.64. The van der Waals surface area contributed by atoms with Gasteiger partial charge in [-0.05, 0) is 110 Å². The van der Waals surface area contributed by atoms with Crippen molar-refractivity contribution in [3.8, 4) is 0 Å². The zero-order valence-electron chi connectivity index (χ0n) is 31.7. The molecule has 4 aliphatic carbocycles. The highest BCUT2D eigenvalue weighted by Gasteiger charge is 2.59. The molecule has 8 atom stereocenters. The highest BCUT2D eigenvalue weighted by molar-refractivity contribution is 5.25. The number of hydrogen-bond acceptors (Lipinski definition) is 7. The molecule has 0 amide bonds. The molecular formula is C41H74O7. The summed E-state index contributed by atoms with van der Waals surface area (Å²) in [4.78, 5) is 0. The number of aliphatic hydroxyl groups is 1. The van der Waals surface area contributed by atoms with Crippen LogP contribution >= 0.6 is 0 Å². The number of aliphatic hydroxyl groups excluding tert-OH is 1. The molecule has 3 fully saturated rings. The normalized spacial score (nSPS) is 32.1. The Labute approximate surface area is 294 Å². The van der Waals surface area contributed by atoms with E-state index in [9.17, 15) is 0 Å². The summed E-state index contributed by atoms with van der Waals surface area (Å²) in [6.07, 6.45) is 19.5. The Kier molecular flexibility index (Phi) is 17.7. The van der Waals surface area contributed by atoms with Gasteiger partial charge in [0.2, 0.25) is 0 Å². The van der Waals surface area contributed by atoms with E-state index >= 15 is 0 Å². The van der Waals surface area contributed by atoms with Crippen LogP contribution in [0.5, 0.6) is 0 Å². The van der Waals surface area contributed by atoms with Crippen molar-refractivity contribution < 1.29 is 33.5 Å². The van der Waals surface area contributed by atoms with Crippen LogP contribution in [0.25, 0.3) is 0 Å². The van der Waals surface area contributed by atoms with E-state index in [-0.39, 0.29) is 6.61 Å². The molecule has 0 aromatic carbocycles. The first-order chi connectivity index (χ1) is 23.3. The molecule has 0 saturated heterocycles. The Morgan fingerprint density at radius 2 is 1.27 bits per heavy atom. The maximum atomic E-state index is 8.64. The number of ether oxygens (including phenoxy) is 6. The summed E-state index contributed by atoms with van der Waals surface area (Å²) in [5.41, 5.74) is 2.83. The van der Waals surface area contributed by atoms with Gasteiger partial charge >= 0.3 is 0 Å². The SMILES string of the molecule is CC(C)CCC[C@@H](C)[C@H]1CC[C@H]2[C@@H]3CC=C4C[C@H](CCOCCOCCOCCOCCOCCOCCO)CC[C@]4(C)[C@H]3CC[C@]12C. The average molecular weight is 679 g/mol. The smallest absolute Gasteiger partial charge is 0.0701 e. The van der Waals surface area contributed by atoms with Crippen LogP contribution in [-0.4, -0.2) is 91.0 Å². The first-order valence-corrected chi connectivity index (χ1v) is 20.1. The Balaban J connectivity index is 1.04. The first-order valence-electron chi connectivity index (χ1n) is 20.1. The molecule has 0 unspecified atom stereocenters. The van der Waals surface area contributed by atoms with Crippen molar-refractivity contribution in [3.63, 3.8) is 0 Å². The predicted octanol–water partition coefficient (Wildman–Crippen LogP) is 8.13. The molecule has 0 bridgehead atoms. The molecule has 0 aliphatic heterocycles. The van der Waals surface area contributed by atoms with Gasteiger partial charge in [0.15, 0.2) is 0 Å². The lowest BCUT2D eigenvalue weighted by atomic mass is 9.46. The molecule has 4 rings (SSSR count). The van der Waals surface area contributed by atoms with Gasteiger partial charge in [0.1, 0.15) is 0 Å². The van der Waals surface area contributed by atoms with E-state index in [4.69, 9.17) is 33.5 Å². The zero-order chi connectivity index (χ0) is 34.2. The molecule has 0 aromatic rings. The summed E-state index contributed by atoms with van der Waals surface area (Å²) in [6.45, 7) is 19.6. The molecule has 0 heterocycles. The molecule has 0 spiro atoms. The molecule has 7 nitrogen and oxygen atoms in total. The molecule has 0 radical (unpaired) electrons. The second-order valence-electron chi connectivity index (χ2n) is 16.6. The number of rotatable bonds is 25. The Morgan fingerprint density at radius 3 is 1.85 bits per heavy atom. The van der Waals surface area contributed by atoms with E-state index in [0.717, 1.165) is 48.0 Å². The Bertz CT molecular complexity index is 909. The van der Waals surface area contributed by atoms with E-state index in [1.807, 2.05) is 5.57 Å². The number of fused-ring (bicyclic) bond motifs is 5. The fraction of sp³-hybridized carbons (Fsp3) is 0.951. The topological polar surface area (TPSA) is 75.6 Å². The summed E-state index contributed by atoms with van der Waals surface area (Å²) in [7, 11) is 0. The van der Waals surface area contributed by atoms with Gasteiger partial charge in [-0.15, -0.1) is 0 Å².